The molecule has 0 bridgehead atoms. The van der Waals surface area contributed by atoms with Gasteiger partial charge in [0.1, 0.15) is 0 Å². The zero-order chi connectivity index (χ0) is 13.0. The van der Waals surface area contributed by atoms with Gasteiger partial charge in [0.2, 0.25) is 0 Å². The molecular formula is C13H29N3O. The van der Waals surface area contributed by atoms with Crippen LogP contribution in [0.5, 0.6) is 0 Å². The molecule has 0 spiro atoms. The van der Waals surface area contributed by atoms with Gasteiger partial charge in [0.25, 0.3) is 0 Å². The Bertz CT molecular complexity index is 223. The lowest BCUT2D eigenvalue weighted by atomic mass is 10.0. The molecule has 1 aliphatic heterocycles. The van der Waals surface area contributed by atoms with Crippen LogP contribution < -0.4 is 5.73 Å². The first kappa shape index (κ1) is 14.9. The quantitative estimate of drug-likeness (QED) is 0.737. The molecule has 1 fully saturated rings. The van der Waals surface area contributed by atoms with Crippen LogP contribution in [0.25, 0.3) is 0 Å². The Morgan fingerprint density at radius 3 is 2.47 bits per heavy atom. The van der Waals surface area contributed by atoms with Gasteiger partial charge in [0.05, 0.1) is 6.61 Å². The van der Waals surface area contributed by atoms with Gasteiger partial charge in [0.15, 0.2) is 0 Å². The number of hydrogen-bond acceptors (Lipinski definition) is 4. The van der Waals surface area contributed by atoms with Crippen LogP contribution in [0.1, 0.15) is 13.8 Å². The second-order valence-electron chi connectivity index (χ2n) is 5.70. The van der Waals surface area contributed by atoms with Gasteiger partial charge in [-0.1, -0.05) is 13.8 Å². The fourth-order valence-corrected chi connectivity index (χ4v) is 3.04. The molecule has 4 nitrogen and oxygen atoms in total. The molecule has 1 saturated heterocycles. The van der Waals surface area contributed by atoms with Gasteiger partial charge in [-0.05, 0) is 25.9 Å². The molecule has 4 heteroatoms. The van der Waals surface area contributed by atoms with E-state index in [-0.39, 0.29) is 0 Å². The Hall–Kier alpha value is -0.160. The summed E-state index contributed by atoms with van der Waals surface area (Å²) in [6.07, 6.45) is 0. The minimum absolute atomic E-state index is 0.447. The molecule has 4 atom stereocenters. The molecule has 0 aliphatic carbocycles. The molecule has 2 N–H and O–H groups in total. The summed E-state index contributed by atoms with van der Waals surface area (Å²) in [7, 11) is 6.10. The molecule has 4 unspecified atom stereocenters. The smallest absolute Gasteiger partial charge is 0.0503 e. The maximum atomic E-state index is 5.94. The van der Waals surface area contributed by atoms with Crippen molar-refractivity contribution in [2.24, 2.45) is 17.6 Å². The molecule has 0 aromatic rings. The standard InChI is InChI=1S/C13H29N3O/c1-10-7-16(8-13(10)15(3)4)12(6-14)11(2)9-17-5/h10-13H,6-9,14H2,1-5H3. The lowest BCUT2D eigenvalue weighted by Gasteiger charge is -2.32. The van der Waals surface area contributed by atoms with Crippen LogP contribution in [0.3, 0.4) is 0 Å². The molecule has 17 heavy (non-hydrogen) atoms. The third-order valence-electron chi connectivity index (χ3n) is 4.06. The van der Waals surface area contributed by atoms with Crippen molar-refractivity contribution in [3.8, 4) is 0 Å². The van der Waals surface area contributed by atoms with Crippen molar-refractivity contribution in [2.45, 2.75) is 25.9 Å². The topological polar surface area (TPSA) is 41.7 Å². The highest BCUT2D eigenvalue weighted by atomic mass is 16.5. The predicted octanol–water partition coefficient (Wildman–Crippen LogP) is 0.478. The predicted molar refractivity (Wildman–Crippen MR) is 72.1 cm³/mol. The van der Waals surface area contributed by atoms with E-state index in [1.165, 1.54) is 0 Å². The van der Waals surface area contributed by atoms with Crippen LogP contribution in [-0.4, -0.2) is 69.3 Å². The minimum atomic E-state index is 0.447. The molecule has 0 aromatic heterocycles. The number of rotatable bonds is 6. The van der Waals surface area contributed by atoms with Crippen LogP contribution in [0.15, 0.2) is 0 Å². The lowest BCUT2D eigenvalue weighted by Crippen LogP contribution is -2.46. The maximum Gasteiger partial charge on any atom is 0.0503 e. The Morgan fingerprint density at radius 1 is 1.41 bits per heavy atom. The molecule has 0 amide bonds. The van der Waals surface area contributed by atoms with Gasteiger partial charge >= 0.3 is 0 Å². The highest BCUT2D eigenvalue weighted by Gasteiger charge is 2.35. The zero-order valence-corrected chi connectivity index (χ0v) is 12.0. The van der Waals surface area contributed by atoms with E-state index in [0.29, 0.717) is 23.9 Å². The third kappa shape index (κ3) is 3.65. The largest absolute Gasteiger partial charge is 0.384 e. The van der Waals surface area contributed by atoms with E-state index in [2.05, 4.69) is 37.7 Å². The van der Waals surface area contributed by atoms with E-state index in [1.807, 2.05) is 0 Å². The van der Waals surface area contributed by atoms with E-state index >= 15 is 0 Å². The molecule has 1 rings (SSSR count). The number of likely N-dealkylation sites (tertiary alicyclic amines) is 1. The van der Waals surface area contributed by atoms with Crippen molar-refractivity contribution in [1.29, 1.82) is 0 Å². The number of nitrogens with zero attached hydrogens (tertiary/aromatic N) is 2. The van der Waals surface area contributed by atoms with Crippen LogP contribution >= 0.6 is 0 Å². The van der Waals surface area contributed by atoms with Gasteiger partial charge < -0.3 is 15.4 Å². The van der Waals surface area contributed by atoms with Crippen LogP contribution in [-0.2, 0) is 4.74 Å². The second-order valence-corrected chi connectivity index (χ2v) is 5.70. The van der Waals surface area contributed by atoms with Gasteiger partial charge in [-0.15, -0.1) is 0 Å². The van der Waals surface area contributed by atoms with Gasteiger partial charge in [-0.25, -0.2) is 0 Å². The lowest BCUT2D eigenvalue weighted by molar-refractivity contribution is 0.0937. The number of methoxy groups -OCH3 is 1. The van der Waals surface area contributed by atoms with Crippen LogP contribution in [0.4, 0.5) is 0 Å². The highest BCUT2D eigenvalue weighted by Crippen LogP contribution is 2.24. The summed E-state index contributed by atoms with van der Waals surface area (Å²) in [6, 6.07) is 1.10. The number of likely N-dealkylation sites (N-methyl/N-ethyl adjacent to an activating group) is 1. The van der Waals surface area contributed by atoms with Crippen molar-refractivity contribution < 1.29 is 4.74 Å². The van der Waals surface area contributed by atoms with Crippen LogP contribution in [0, 0.1) is 11.8 Å². The summed E-state index contributed by atoms with van der Waals surface area (Å²) in [5.41, 5.74) is 5.94. The summed E-state index contributed by atoms with van der Waals surface area (Å²) < 4.78 is 5.25. The first-order valence-electron chi connectivity index (χ1n) is 6.60. The minimum Gasteiger partial charge on any atom is -0.384 e. The molecule has 0 saturated carbocycles. The first-order chi connectivity index (χ1) is 8.01. The van der Waals surface area contributed by atoms with E-state index in [1.54, 1.807) is 7.11 Å². The third-order valence-corrected chi connectivity index (χ3v) is 4.06. The van der Waals surface area contributed by atoms with Crippen LogP contribution in [0.2, 0.25) is 0 Å². The van der Waals surface area contributed by atoms with E-state index in [4.69, 9.17) is 10.5 Å². The molecule has 102 valence electrons. The van der Waals surface area contributed by atoms with Crippen molar-refractivity contribution in [1.82, 2.24) is 9.80 Å². The number of hydrogen-bond donors (Lipinski definition) is 1. The normalized spacial score (nSPS) is 29.8. The summed E-state index contributed by atoms with van der Waals surface area (Å²) >= 11 is 0. The van der Waals surface area contributed by atoms with Crippen molar-refractivity contribution in [3.05, 3.63) is 0 Å². The Balaban J connectivity index is 2.60. The fraction of sp³-hybridized carbons (Fsp3) is 1.00. The van der Waals surface area contributed by atoms with Gasteiger partial charge in [-0.3, -0.25) is 4.90 Å². The Kier molecular flexibility index (Phi) is 5.86. The van der Waals surface area contributed by atoms with E-state index in [9.17, 15) is 0 Å². The maximum absolute atomic E-state index is 5.94. The zero-order valence-electron chi connectivity index (χ0n) is 12.0. The van der Waals surface area contributed by atoms with Crippen molar-refractivity contribution in [2.75, 3.05) is 47.4 Å². The Morgan fingerprint density at radius 2 is 2.06 bits per heavy atom. The van der Waals surface area contributed by atoms with E-state index < -0.39 is 0 Å². The monoisotopic (exact) mass is 243 g/mol. The van der Waals surface area contributed by atoms with Gasteiger partial charge in [-0.2, -0.15) is 0 Å². The summed E-state index contributed by atoms with van der Waals surface area (Å²) in [5.74, 6) is 1.21. The summed E-state index contributed by atoms with van der Waals surface area (Å²) in [4.78, 5) is 4.87. The van der Waals surface area contributed by atoms with Crippen molar-refractivity contribution in [3.63, 3.8) is 0 Å². The fourth-order valence-electron chi connectivity index (χ4n) is 3.04. The second kappa shape index (κ2) is 6.69. The van der Waals surface area contributed by atoms with Crippen molar-refractivity contribution >= 4 is 0 Å². The average Bonchev–Trinajstić information content (AvgIpc) is 2.62. The summed E-state index contributed by atoms with van der Waals surface area (Å²) in [6.45, 7) is 8.35. The highest BCUT2D eigenvalue weighted by molar-refractivity contribution is 4.91. The molecule has 0 aromatic carbocycles. The first-order valence-corrected chi connectivity index (χ1v) is 6.60. The molecular weight excluding hydrogens is 214 g/mol. The molecule has 0 radical (unpaired) electrons. The number of ether oxygens (including phenoxy) is 1. The SMILES string of the molecule is COCC(C)C(CN)N1CC(C)C(N(C)C)C1. The van der Waals surface area contributed by atoms with Gasteiger partial charge in [0, 0.05) is 38.8 Å². The summed E-state index contributed by atoms with van der Waals surface area (Å²) in [5, 5.41) is 0. The molecule has 1 aliphatic rings. The average molecular weight is 243 g/mol. The van der Waals surface area contributed by atoms with E-state index in [0.717, 1.165) is 26.2 Å². The molecule has 1 heterocycles. The number of nitrogens with two attached hydrogens (primary N) is 1. The Labute approximate surface area is 106 Å².